The van der Waals surface area contributed by atoms with E-state index in [-0.39, 0.29) is 18.0 Å². The van der Waals surface area contributed by atoms with Gasteiger partial charge in [0.15, 0.2) is 0 Å². The Morgan fingerprint density at radius 2 is 1.92 bits per heavy atom. The molecule has 1 aromatic carbocycles. The zero-order chi connectivity index (χ0) is 18.1. The van der Waals surface area contributed by atoms with Gasteiger partial charge in [0.2, 0.25) is 0 Å². The predicted molar refractivity (Wildman–Crippen MR) is 97.2 cm³/mol. The molecule has 5 nitrogen and oxygen atoms in total. The molecule has 0 radical (unpaired) electrons. The topological polar surface area (TPSA) is 59.0 Å². The molecular formula is C20H31NO4. The zero-order valence-electron chi connectivity index (χ0n) is 15.4. The third-order valence-electron chi connectivity index (χ3n) is 4.71. The molecule has 5 heteroatoms. The first kappa shape index (κ1) is 19.9. The lowest BCUT2D eigenvalue weighted by molar-refractivity contribution is -0.149. The van der Waals surface area contributed by atoms with Crippen LogP contribution in [-0.2, 0) is 14.3 Å². The van der Waals surface area contributed by atoms with E-state index in [0.717, 1.165) is 37.9 Å². The molecule has 2 atom stereocenters. The summed E-state index contributed by atoms with van der Waals surface area (Å²) in [6.45, 7) is 6.90. The molecule has 1 heterocycles. The number of nitrogens with zero attached hydrogens (tertiary/aromatic N) is 1. The van der Waals surface area contributed by atoms with Crippen molar-refractivity contribution in [3.05, 3.63) is 35.9 Å². The number of hydrogen-bond acceptors (Lipinski definition) is 5. The number of β-amino-alcohol motifs (C(OH)–C–C–N with tert-alkyl or cyclic N) is 1. The van der Waals surface area contributed by atoms with Crippen molar-refractivity contribution in [3.8, 4) is 0 Å². The Kier molecular flexibility index (Phi) is 8.38. The second-order valence-corrected chi connectivity index (χ2v) is 6.62. The zero-order valence-corrected chi connectivity index (χ0v) is 15.4. The number of piperidine rings is 1. The summed E-state index contributed by atoms with van der Waals surface area (Å²) in [6, 6.07) is 10.1. The van der Waals surface area contributed by atoms with Gasteiger partial charge >= 0.3 is 5.97 Å². The summed E-state index contributed by atoms with van der Waals surface area (Å²) in [4.78, 5) is 14.0. The first-order valence-electron chi connectivity index (χ1n) is 9.37. The highest BCUT2D eigenvalue weighted by atomic mass is 16.5. The largest absolute Gasteiger partial charge is 0.466 e. The summed E-state index contributed by atoms with van der Waals surface area (Å²) in [5.41, 5.74) is 1.15. The van der Waals surface area contributed by atoms with E-state index in [1.54, 1.807) is 0 Å². The van der Waals surface area contributed by atoms with Crippen molar-refractivity contribution >= 4 is 5.97 Å². The van der Waals surface area contributed by atoms with Crippen molar-refractivity contribution in [1.29, 1.82) is 0 Å². The Hall–Kier alpha value is -1.43. The van der Waals surface area contributed by atoms with Gasteiger partial charge in [0.25, 0.3) is 0 Å². The molecule has 0 spiro atoms. The lowest BCUT2D eigenvalue weighted by atomic mass is 9.97. The number of likely N-dealkylation sites (tertiary alicyclic amines) is 1. The van der Waals surface area contributed by atoms with E-state index >= 15 is 0 Å². The molecule has 1 aliphatic rings. The minimum absolute atomic E-state index is 0.00662. The van der Waals surface area contributed by atoms with Crippen LogP contribution in [0.25, 0.3) is 0 Å². The van der Waals surface area contributed by atoms with Crippen LogP contribution >= 0.6 is 0 Å². The van der Waals surface area contributed by atoms with Crippen LogP contribution in [0.2, 0.25) is 0 Å². The molecular weight excluding hydrogens is 318 g/mol. The predicted octanol–water partition coefficient (Wildman–Crippen LogP) is 2.79. The minimum atomic E-state index is -0.517. The highest BCUT2D eigenvalue weighted by molar-refractivity contribution is 5.72. The third-order valence-corrected chi connectivity index (χ3v) is 4.71. The van der Waals surface area contributed by atoms with Gasteiger partial charge < -0.3 is 19.5 Å². The van der Waals surface area contributed by atoms with E-state index in [9.17, 15) is 9.90 Å². The standard InChI is InChI=1S/C20H31NO4/c1-3-19(16-8-6-5-7-9-16)25-15-18(22)14-21-12-10-17(11-13-21)20(23)24-4-2/h5-9,17-19,22H,3-4,10-15H2,1-2H3/t18-,19-/m1/s1. The number of carbonyl (C=O) groups excluding carboxylic acids is 1. The van der Waals surface area contributed by atoms with Gasteiger partial charge in [0.05, 0.1) is 31.3 Å². The summed E-state index contributed by atoms with van der Waals surface area (Å²) >= 11 is 0. The molecule has 0 unspecified atom stereocenters. The lowest BCUT2D eigenvalue weighted by Gasteiger charge is -2.32. The maximum atomic E-state index is 11.8. The van der Waals surface area contributed by atoms with Crippen LogP contribution in [0.3, 0.4) is 0 Å². The van der Waals surface area contributed by atoms with Crippen LogP contribution in [0.1, 0.15) is 44.8 Å². The van der Waals surface area contributed by atoms with Crippen molar-refractivity contribution in [1.82, 2.24) is 4.90 Å². The first-order chi connectivity index (χ1) is 12.1. The number of rotatable bonds is 9. The molecule has 2 rings (SSSR count). The maximum Gasteiger partial charge on any atom is 0.309 e. The summed E-state index contributed by atoms with van der Waals surface area (Å²) in [7, 11) is 0. The lowest BCUT2D eigenvalue weighted by Crippen LogP contribution is -2.42. The van der Waals surface area contributed by atoms with Crippen LogP contribution < -0.4 is 0 Å². The van der Waals surface area contributed by atoms with Crippen LogP contribution in [-0.4, -0.2) is 54.9 Å². The molecule has 1 fully saturated rings. The Morgan fingerprint density at radius 1 is 1.24 bits per heavy atom. The summed E-state index contributed by atoms with van der Waals surface area (Å²) in [5.74, 6) is -0.0770. The van der Waals surface area contributed by atoms with Crippen molar-refractivity contribution < 1.29 is 19.4 Å². The average molecular weight is 349 g/mol. The van der Waals surface area contributed by atoms with Gasteiger partial charge in [-0.3, -0.25) is 4.79 Å². The molecule has 0 aromatic heterocycles. The van der Waals surface area contributed by atoms with Gasteiger partial charge in [0, 0.05) is 6.54 Å². The molecule has 1 saturated heterocycles. The molecule has 1 aromatic rings. The van der Waals surface area contributed by atoms with Gasteiger partial charge in [-0.05, 0) is 44.8 Å². The third kappa shape index (κ3) is 6.42. The molecule has 0 aliphatic carbocycles. The first-order valence-corrected chi connectivity index (χ1v) is 9.37. The fourth-order valence-corrected chi connectivity index (χ4v) is 3.31. The van der Waals surface area contributed by atoms with E-state index in [1.165, 1.54) is 0 Å². The number of ether oxygens (including phenoxy) is 2. The fraction of sp³-hybridized carbons (Fsp3) is 0.650. The smallest absolute Gasteiger partial charge is 0.309 e. The number of hydrogen-bond donors (Lipinski definition) is 1. The Morgan fingerprint density at radius 3 is 2.52 bits per heavy atom. The monoisotopic (exact) mass is 349 g/mol. The Labute approximate surface area is 150 Å². The summed E-state index contributed by atoms with van der Waals surface area (Å²) < 4.78 is 11.0. The van der Waals surface area contributed by atoms with Crippen LogP contribution in [0.4, 0.5) is 0 Å². The molecule has 1 aliphatic heterocycles. The normalized spacial score (nSPS) is 18.7. The second-order valence-electron chi connectivity index (χ2n) is 6.62. The van der Waals surface area contributed by atoms with Crippen molar-refractivity contribution in [2.24, 2.45) is 5.92 Å². The molecule has 0 bridgehead atoms. The van der Waals surface area contributed by atoms with Gasteiger partial charge in [-0.1, -0.05) is 37.3 Å². The fourth-order valence-electron chi connectivity index (χ4n) is 3.31. The molecule has 140 valence electrons. The molecule has 0 saturated carbocycles. The summed E-state index contributed by atoms with van der Waals surface area (Å²) in [6.07, 6.45) is 1.98. The Bertz CT molecular complexity index is 500. The van der Waals surface area contributed by atoms with E-state index in [2.05, 4.69) is 24.0 Å². The molecule has 25 heavy (non-hydrogen) atoms. The Balaban J connectivity index is 1.70. The van der Waals surface area contributed by atoms with E-state index in [1.807, 2.05) is 25.1 Å². The van der Waals surface area contributed by atoms with Gasteiger partial charge in [-0.2, -0.15) is 0 Å². The molecule has 0 amide bonds. The molecule has 1 N–H and O–H groups in total. The highest BCUT2D eigenvalue weighted by Gasteiger charge is 2.27. The summed E-state index contributed by atoms with van der Waals surface area (Å²) in [5, 5.41) is 10.3. The van der Waals surface area contributed by atoms with E-state index < -0.39 is 6.10 Å². The SMILES string of the molecule is CCOC(=O)C1CCN(C[C@@H](O)CO[C@H](CC)c2ccccc2)CC1. The number of carbonyl (C=O) groups is 1. The van der Waals surface area contributed by atoms with E-state index in [0.29, 0.717) is 19.8 Å². The van der Waals surface area contributed by atoms with Crippen molar-refractivity contribution in [3.63, 3.8) is 0 Å². The van der Waals surface area contributed by atoms with E-state index in [4.69, 9.17) is 9.47 Å². The van der Waals surface area contributed by atoms with Gasteiger partial charge in [0.1, 0.15) is 0 Å². The van der Waals surface area contributed by atoms with Gasteiger partial charge in [-0.15, -0.1) is 0 Å². The van der Waals surface area contributed by atoms with Crippen molar-refractivity contribution in [2.75, 3.05) is 32.8 Å². The number of benzene rings is 1. The number of aliphatic hydroxyl groups is 1. The highest BCUT2D eigenvalue weighted by Crippen LogP contribution is 2.22. The van der Waals surface area contributed by atoms with Crippen LogP contribution in [0.15, 0.2) is 30.3 Å². The average Bonchev–Trinajstić information content (AvgIpc) is 2.64. The van der Waals surface area contributed by atoms with Crippen LogP contribution in [0, 0.1) is 5.92 Å². The van der Waals surface area contributed by atoms with Gasteiger partial charge in [-0.25, -0.2) is 0 Å². The quantitative estimate of drug-likeness (QED) is 0.695. The number of esters is 1. The maximum absolute atomic E-state index is 11.8. The van der Waals surface area contributed by atoms with Crippen molar-refractivity contribution in [2.45, 2.75) is 45.3 Å². The second kappa shape index (κ2) is 10.5. The number of aliphatic hydroxyl groups excluding tert-OH is 1. The minimum Gasteiger partial charge on any atom is -0.466 e. The van der Waals surface area contributed by atoms with Crippen LogP contribution in [0.5, 0.6) is 0 Å².